The van der Waals surface area contributed by atoms with Gasteiger partial charge in [-0.15, -0.1) is 0 Å². The zero-order valence-electron chi connectivity index (χ0n) is 11.0. The smallest absolute Gasteiger partial charge is 0.0989 e. The van der Waals surface area contributed by atoms with E-state index < -0.39 is 0 Å². The predicted molar refractivity (Wildman–Crippen MR) is 75.1 cm³/mol. The van der Waals surface area contributed by atoms with Crippen LogP contribution in [0.3, 0.4) is 0 Å². The second-order valence-corrected chi connectivity index (χ2v) is 5.62. The fourth-order valence-corrected chi connectivity index (χ4v) is 3.37. The molecule has 0 radical (unpaired) electrons. The van der Waals surface area contributed by atoms with Crippen molar-refractivity contribution in [3.63, 3.8) is 0 Å². The van der Waals surface area contributed by atoms with E-state index in [0.29, 0.717) is 5.92 Å². The lowest BCUT2D eigenvalue weighted by atomic mass is 10.0. The summed E-state index contributed by atoms with van der Waals surface area (Å²) >= 11 is 0. The molecule has 2 heteroatoms. The lowest BCUT2D eigenvalue weighted by molar-refractivity contribution is 0.406. The van der Waals surface area contributed by atoms with Crippen molar-refractivity contribution in [3.05, 3.63) is 35.4 Å². The van der Waals surface area contributed by atoms with Crippen LogP contribution in [0.4, 0.5) is 0 Å². The Morgan fingerprint density at radius 2 is 1.56 bits per heavy atom. The van der Waals surface area contributed by atoms with Crippen LogP contribution in [0.15, 0.2) is 24.3 Å². The van der Waals surface area contributed by atoms with Crippen molar-refractivity contribution in [2.24, 2.45) is 5.92 Å². The molecule has 2 nitrogen and oxygen atoms in total. The first-order chi connectivity index (χ1) is 8.84. The highest BCUT2D eigenvalue weighted by Gasteiger charge is 2.25. The van der Waals surface area contributed by atoms with Gasteiger partial charge in [0.25, 0.3) is 0 Å². The van der Waals surface area contributed by atoms with Gasteiger partial charge >= 0.3 is 0 Å². The molecule has 3 rings (SSSR count). The fourth-order valence-electron chi connectivity index (χ4n) is 3.37. The number of hydrogen-bond donors (Lipinski definition) is 1. The van der Waals surface area contributed by atoms with Gasteiger partial charge in [0.1, 0.15) is 0 Å². The molecular formula is C16H22N2. The van der Waals surface area contributed by atoms with Gasteiger partial charge in [0.15, 0.2) is 0 Å². The minimum absolute atomic E-state index is 0.547. The second-order valence-electron chi connectivity index (χ2n) is 5.62. The summed E-state index contributed by atoms with van der Waals surface area (Å²) < 4.78 is 0. The molecular weight excluding hydrogens is 220 g/mol. The minimum atomic E-state index is 0.547. The van der Waals surface area contributed by atoms with Gasteiger partial charge < -0.3 is 4.90 Å². The molecule has 2 aliphatic rings. The van der Waals surface area contributed by atoms with Crippen LogP contribution in [0.1, 0.15) is 36.8 Å². The molecule has 0 saturated heterocycles. The van der Waals surface area contributed by atoms with E-state index in [2.05, 4.69) is 29.2 Å². The number of rotatable bonds is 1. The molecule has 1 fully saturated rings. The third kappa shape index (κ3) is 2.29. The maximum Gasteiger partial charge on any atom is 0.0989 e. The summed E-state index contributed by atoms with van der Waals surface area (Å²) in [5, 5.41) is 8.41. The van der Waals surface area contributed by atoms with E-state index in [1.807, 2.05) is 0 Å². The van der Waals surface area contributed by atoms with Crippen LogP contribution in [-0.2, 0) is 12.8 Å². The van der Waals surface area contributed by atoms with Gasteiger partial charge in [0.2, 0.25) is 0 Å². The quantitative estimate of drug-likeness (QED) is 0.594. The molecule has 1 aromatic rings. The highest BCUT2D eigenvalue weighted by atomic mass is 15.2. The topological polar surface area (TPSA) is 27.1 Å². The number of nitrogens with one attached hydrogen (secondary N) is 1. The van der Waals surface area contributed by atoms with Crippen molar-refractivity contribution in [2.45, 2.75) is 38.5 Å². The van der Waals surface area contributed by atoms with Crippen molar-refractivity contribution < 1.29 is 0 Å². The lowest BCUT2D eigenvalue weighted by Gasteiger charge is -2.26. The molecule has 0 bridgehead atoms. The van der Waals surface area contributed by atoms with Crippen molar-refractivity contribution in [2.75, 3.05) is 13.1 Å². The number of nitrogens with zero attached hydrogens (tertiary/aromatic N) is 1. The minimum Gasteiger partial charge on any atom is -0.360 e. The summed E-state index contributed by atoms with van der Waals surface area (Å²) in [5.74, 6) is 1.46. The van der Waals surface area contributed by atoms with Crippen LogP contribution in [0, 0.1) is 11.3 Å². The number of amidine groups is 1. The molecule has 1 aliphatic heterocycles. The van der Waals surface area contributed by atoms with Crippen molar-refractivity contribution in [1.29, 1.82) is 5.41 Å². The van der Waals surface area contributed by atoms with Crippen molar-refractivity contribution in [3.8, 4) is 0 Å². The maximum absolute atomic E-state index is 8.41. The van der Waals surface area contributed by atoms with Gasteiger partial charge in [-0.25, -0.2) is 0 Å². The molecule has 0 unspecified atom stereocenters. The largest absolute Gasteiger partial charge is 0.360 e. The summed E-state index contributed by atoms with van der Waals surface area (Å²) in [6, 6.07) is 8.77. The first-order valence-electron chi connectivity index (χ1n) is 7.25. The standard InChI is InChI=1S/C16H22N2/c17-16(15-7-3-4-8-15)18-11-9-13-5-1-2-6-14(13)10-12-18/h1-2,5-6,15,17H,3-4,7-12H2. The van der Waals surface area contributed by atoms with Gasteiger partial charge in [-0.05, 0) is 36.8 Å². The maximum atomic E-state index is 8.41. The third-order valence-electron chi connectivity index (χ3n) is 4.50. The van der Waals surface area contributed by atoms with Gasteiger partial charge in [-0.1, -0.05) is 37.1 Å². The third-order valence-corrected chi connectivity index (χ3v) is 4.50. The Morgan fingerprint density at radius 3 is 2.11 bits per heavy atom. The van der Waals surface area contributed by atoms with Crippen molar-refractivity contribution in [1.82, 2.24) is 4.90 Å². The summed E-state index contributed by atoms with van der Waals surface area (Å²) in [4.78, 5) is 2.33. The van der Waals surface area contributed by atoms with E-state index in [1.165, 1.54) is 36.8 Å². The SMILES string of the molecule is N=C(C1CCCC1)N1CCc2ccccc2CC1. The molecule has 1 aromatic carbocycles. The van der Waals surface area contributed by atoms with E-state index in [4.69, 9.17) is 5.41 Å². The summed E-state index contributed by atoms with van der Waals surface area (Å²) in [6.07, 6.45) is 7.32. The Bertz CT molecular complexity index is 405. The molecule has 96 valence electrons. The molecule has 1 N–H and O–H groups in total. The van der Waals surface area contributed by atoms with Crippen LogP contribution >= 0.6 is 0 Å². The molecule has 0 amide bonds. The van der Waals surface area contributed by atoms with Crippen LogP contribution in [-0.4, -0.2) is 23.8 Å². The van der Waals surface area contributed by atoms with E-state index >= 15 is 0 Å². The predicted octanol–water partition coefficient (Wildman–Crippen LogP) is 3.25. The Labute approximate surface area is 110 Å². The Morgan fingerprint density at radius 1 is 1.00 bits per heavy atom. The number of fused-ring (bicyclic) bond motifs is 1. The van der Waals surface area contributed by atoms with Gasteiger partial charge in [0, 0.05) is 19.0 Å². The summed E-state index contributed by atoms with van der Waals surface area (Å²) in [6.45, 7) is 2.07. The zero-order chi connectivity index (χ0) is 12.4. The van der Waals surface area contributed by atoms with Crippen molar-refractivity contribution >= 4 is 5.84 Å². The van der Waals surface area contributed by atoms with Gasteiger partial charge in [-0.2, -0.15) is 0 Å². The normalized spacial score (nSPS) is 20.6. The molecule has 18 heavy (non-hydrogen) atoms. The Kier molecular flexibility index (Phi) is 3.35. The number of hydrogen-bond acceptors (Lipinski definition) is 1. The number of benzene rings is 1. The Hall–Kier alpha value is -1.31. The van der Waals surface area contributed by atoms with Crippen LogP contribution in [0.5, 0.6) is 0 Å². The lowest BCUT2D eigenvalue weighted by Crippen LogP contribution is -2.36. The average molecular weight is 242 g/mol. The highest BCUT2D eigenvalue weighted by molar-refractivity contribution is 5.82. The van der Waals surface area contributed by atoms with Crippen LogP contribution < -0.4 is 0 Å². The molecule has 0 aromatic heterocycles. The molecule has 1 heterocycles. The molecule has 1 aliphatic carbocycles. The van der Waals surface area contributed by atoms with E-state index in [9.17, 15) is 0 Å². The van der Waals surface area contributed by atoms with Gasteiger partial charge in [-0.3, -0.25) is 5.41 Å². The summed E-state index contributed by atoms with van der Waals surface area (Å²) in [5.41, 5.74) is 2.97. The first kappa shape index (κ1) is 11.8. The molecule has 0 atom stereocenters. The molecule has 1 saturated carbocycles. The van der Waals surface area contributed by atoms with Gasteiger partial charge in [0.05, 0.1) is 5.84 Å². The fraction of sp³-hybridized carbons (Fsp3) is 0.562. The second kappa shape index (κ2) is 5.13. The highest BCUT2D eigenvalue weighted by Crippen LogP contribution is 2.27. The summed E-state index contributed by atoms with van der Waals surface area (Å²) in [7, 11) is 0. The van der Waals surface area contributed by atoms with Crippen LogP contribution in [0.25, 0.3) is 0 Å². The van der Waals surface area contributed by atoms with E-state index in [1.54, 1.807) is 0 Å². The average Bonchev–Trinajstić information content (AvgIpc) is 2.85. The Balaban J connectivity index is 1.69. The molecule has 0 spiro atoms. The van der Waals surface area contributed by atoms with E-state index in [0.717, 1.165) is 31.8 Å². The first-order valence-corrected chi connectivity index (χ1v) is 7.25. The zero-order valence-corrected chi connectivity index (χ0v) is 11.0. The monoisotopic (exact) mass is 242 g/mol. The van der Waals surface area contributed by atoms with Crippen LogP contribution in [0.2, 0.25) is 0 Å². The van der Waals surface area contributed by atoms with E-state index in [-0.39, 0.29) is 0 Å².